The van der Waals surface area contributed by atoms with Crippen LogP contribution in [0.1, 0.15) is 31.6 Å². The van der Waals surface area contributed by atoms with Crippen LogP contribution in [0.4, 0.5) is 13.2 Å². The number of hydrogen-bond donors (Lipinski definition) is 1. The topological polar surface area (TPSA) is 59.4 Å². The fraction of sp³-hybridized carbons (Fsp3) is 0.176. The predicted octanol–water partition coefficient (Wildman–Crippen LogP) is 6.89. The van der Waals surface area contributed by atoms with Crippen LogP contribution in [-0.2, 0) is 17.4 Å². The van der Waals surface area contributed by atoms with Gasteiger partial charge in [-0.05, 0) is 0 Å². The fourth-order valence-electron chi connectivity index (χ4n) is 4.66. The number of alkyl halides is 3. The van der Waals surface area contributed by atoms with E-state index < -0.39 is 24.3 Å². The molecule has 0 aliphatic carbocycles. The molecule has 1 N–H and O–H groups in total. The summed E-state index contributed by atoms with van der Waals surface area (Å²) in [7, 11) is 0. The summed E-state index contributed by atoms with van der Waals surface area (Å²) in [6.45, 7) is 3.50. The zero-order valence-corrected chi connectivity index (χ0v) is 26.8. The van der Waals surface area contributed by atoms with Gasteiger partial charge in [-0.25, -0.2) is 0 Å². The first kappa shape index (κ1) is 30.8. The maximum atomic E-state index is 13.1. The molecule has 0 saturated heterocycles. The second-order valence-corrected chi connectivity index (χ2v) is 14.9. The minimum absolute atomic E-state index is 0.00234. The van der Waals surface area contributed by atoms with Crippen molar-refractivity contribution in [3.63, 3.8) is 0 Å². The first-order valence-corrected chi connectivity index (χ1v) is 17.0. The number of aromatic nitrogens is 1. The number of benzene rings is 4. The molecule has 1 aromatic heterocycles. The van der Waals surface area contributed by atoms with Crippen LogP contribution in [0.5, 0.6) is 5.75 Å². The van der Waals surface area contributed by atoms with Crippen molar-refractivity contribution in [2.45, 2.75) is 31.3 Å². The Balaban J connectivity index is 1.45. The Morgan fingerprint density at radius 1 is 0.907 bits per heavy atom. The summed E-state index contributed by atoms with van der Waals surface area (Å²) < 4.78 is 48.0. The van der Waals surface area contributed by atoms with E-state index in [1.54, 1.807) is 0 Å². The van der Waals surface area contributed by atoms with Gasteiger partial charge in [0.2, 0.25) is 0 Å². The number of hydrogen-bond acceptors (Lipinski definition) is 3. The molecule has 5 rings (SSSR count). The fourth-order valence-corrected chi connectivity index (χ4v) is 10.6. The Bertz CT molecular complexity index is 1700. The van der Waals surface area contributed by atoms with E-state index in [0.717, 1.165) is 55.5 Å². The van der Waals surface area contributed by atoms with Crippen LogP contribution in [-0.4, -0.2) is 52.1 Å². The number of ether oxygens (including phenoxy) is 1. The second kappa shape index (κ2) is 13.4. The molecule has 220 valence electrons. The van der Waals surface area contributed by atoms with Crippen LogP contribution in [0.15, 0.2) is 97.1 Å². The maximum absolute atomic E-state index is 13.1. The van der Waals surface area contributed by atoms with E-state index in [2.05, 4.69) is 42.5 Å². The molecule has 0 spiro atoms. The molecule has 0 radical (unpaired) electrons. The van der Waals surface area contributed by atoms with Gasteiger partial charge in [-0.15, -0.1) is 0 Å². The van der Waals surface area contributed by atoms with Crippen molar-refractivity contribution in [2.75, 3.05) is 6.61 Å². The van der Waals surface area contributed by atoms with Gasteiger partial charge >= 0.3 is 261 Å². The molecule has 43 heavy (non-hydrogen) atoms. The summed E-state index contributed by atoms with van der Waals surface area (Å²) in [5.41, 5.74) is 5.35. The van der Waals surface area contributed by atoms with Gasteiger partial charge in [0.15, 0.2) is 0 Å². The van der Waals surface area contributed by atoms with Crippen molar-refractivity contribution >= 4 is 39.9 Å². The molecular weight excluding hydrogens is 685 g/mol. The number of halogens is 3. The van der Waals surface area contributed by atoms with Gasteiger partial charge in [-0.3, -0.25) is 0 Å². The van der Waals surface area contributed by atoms with Crippen molar-refractivity contribution in [3.8, 4) is 27.0 Å². The van der Waals surface area contributed by atoms with Gasteiger partial charge in [0, 0.05) is 0 Å². The van der Waals surface area contributed by atoms with E-state index in [4.69, 9.17) is 14.8 Å². The SMILES string of the molecule is Cc1cc([Se]C(Cc2ccc(-c3ccccc3)cc2)c2[se]c(-c3ccc(C(F)(F)F)cc3)nc2C)ccc1OCC(=O)O. The van der Waals surface area contributed by atoms with Crippen molar-refractivity contribution < 1.29 is 27.8 Å². The molecule has 1 atom stereocenters. The number of nitrogens with zero attached hydrogens (tertiary/aromatic N) is 1. The van der Waals surface area contributed by atoms with E-state index in [1.165, 1.54) is 22.1 Å². The molecule has 1 heterocycles. The molecule has 9 heteroatoms. The monoisotopic (exact) mass is 715 g/mol. The van der Waals surface area contributed by atoms with E-state index in [-0.39, 0.29) is 34.3 Å². The molecule has 0 aliphatic heterocycles. The predicted molar refractivity (Wildman–Crippen MR) is 164 cm³/mol. The number of carboxylic acids is 1. The van der Waals surface area contributed by atoms with E-state index >= 15 is 0 Å². The number of carboxylic acid groups (broad SMARTS) is 1. The van der Waals surface area contributed by atoms with E-state index in [9.17, 15) is 18.0 Å². The van der Waals surface area contributed by atoms with Crippen LogP contribution in [0.3, 0.4) is 0 Å². The van der Waals surface area contributed by atoms with Crippen molar-refractivity contribution in [1.82, 2.24) is 4.98 Å². The van der Waals surface area contributed by atoms with E-state index in [1.807, 2.05) is 44.2 Å². The average Bonchev–Trinajstić information content (AvgIpc) is 3.38. The Morgan fingerprint density at radius 2 is 1.56 bits per heavy atom. The van der Waals surface area contributed by atoms with Crippen molar-refractivity contribution in [3.05, 3.63) is 124 Å². The Kier molecular flexibility index (Phi) is 9.58. The van der Waals surface area contributed by atoms with E-state index in [0.29, 0.717) is 5.75 Å². The average molecular weight is 714 g/mol. The molecule has 0 amide bonds. The van der Waals surface area contributed by atoms with Gasteiger partial charge in [0.1, 0.15) is 0 Å². The first-order chi connectivity index (χ1) is 20.6. The standard InChI is InChI=1S/C34H28F3NO3Se2/c1-21-18-28(16-17-29(21)41-20-31(39)40)42-30(19-23-8-10-25(11-9-23)24-6-4-3-5-7-24)32-22(2)38-33(43-32)26-12-14-27(15-13-26)34(35,36)37/h3-18,30H,19-20H2,1-2H3,(H,39,40). The Labute approximate surface area is 260 Å². The molecule has 4 nitrogen and oxygen atoms in total. The summed E-state index contributed by atoms with van der Waals surface area (Å²) in [5, 5.41) is 8.97. The summed E-state index contributed by atoms with van der Waals surface area (Å²) in [6.07, 6.45) is -3.58. The second-order valence-electron chi connectivity index (χ2n) is 10.0. The first-order valence-electron chi connectivity index (χ1n) is 13.5. The van der Waals surface area contributed by atoms with Gasteiger partial charge in [-0.1, -0.05) is 0 Å². The van der Waals surface area contributed by atoms with Crippen molar-refractivity contribution in [1.29, 1.82) is 0 Å². The molecule has 5 aromatic rings. The van der Waals surface area contributed by atoms with Crippen LogP contribution in [0, 0.1) is 13.8 Å². The molecule has 0 bridgehead atoms. The molecule has 4 aromatic carbocycles. The summed E-state index contributed by atoms with van der Waals surface area (Å²) in [4.78, 5) is 16.0. The summed E-state index contributed by atoms with van der Waals surface area (Å²) >= 11 is -0.141. The zero-order chi connectivity index (χ0) is 30.6. The third-order valence-corrected chi connectivity index (χ3v) is 12.9. The van der Waals surface area contributed by atoms with Gasteiger partial charge in [-0.2, -0.15) is 0 Å². The van der Waals surface area contributed by atoms with Crippen LogP contribution in [0.2, 0.25) is 0 Å². The quantitative estimate of drug-likeness (QED) is 0.161. The van der Waals surface area contributed by atoms with Crippen LogP contribution >= 0.6 is 0 Å². The molecule has 0 fully saturated rings. The third kappa shape index (κ3) is 7.87. The molecule has 0 saturated carbocycles. The summed E-state index contributed by atoms with van der Waals surface area (Å²) in [5.74, 6) is -0.482. The minimum atomic E-state index is -4.38. The van der Waals surface area contributed by atoms with Gasteiger partial charge < -0.3 is 0 Å². The molecule has 1 unspecified atom stereocenters. The Hall–Kier alpha value is -3.61. The summed E-state index contributed by atoms with van der Waals surface area (Å²) in [6, 6.07) is 29.9. The molecular formula is C34H28F3NO3Se2. The number of aryl methyl sites for hydroxylation is 2. The van der Waals surface area contributed by atoms with Crippen molar-refractivity contribution in [2.24, 2.45) is 0 Å². The molecule has 0 aliphatic rings. The zero-order valence-electron chi connectivity index (χ0n) is 23.4. The third-order valence-electron chi connectivity index (χ3n) is 6.84. The normalized spacial score (nSPS) is 12.2. The van der Waals surface area contributed by atoms with Crippen LogP contribution in [0.25, 0.3) is 21.3 Å². The number of aliphatic carboxylic acids is 1. The van der Waals surface area contributed by atoms with Gasteiger partial charge in [0.05, 0.1) is 0 Å². The number of rotatable bonds is 10. The Morgan fingerprint density at radius 3 is 2.19 bits per heavy atom. The number of carbonyl (C=O) groups is 1. The van der Waals surface area contributed by atoms with Crippen LogP contribution < -0.4 is 9.20 Å². The van der Waals surface area contributed by atoms with Gasteiger partial charge in [0.25, 0.3) is 0 Å².